The number of benzene rings is 3. The Hall–Kier alpha value is -2.85. The molecular weight excluding hydrogens is 510 g/mol. The SMILES string of the molecule is CC(C)N(C(=O)c1ccc(C[S+](C)c2ccc(O)cc2)cc1)C(C)C.O=S(=O)([O-])OCc1ccccc1. The standard InChI is InChI=1S/C21H27NO2S.C7H8O4S/c1-15(2)22(16(3)4)21(24)18-8-6-17(7-9-18)14-25(5)20-12-10-19(23)11-13-20;8-12(9,10)11-6-7-4-2-1-3-5-7/h6-13,15-16H,14H2,1-5H3;1-5H,6H2,(H,8,9,10). The van der Waals surface area contributed by atoms with Crippen LogP contribution in [0.1, 0.15) is 49.2 Å². The number of carbonyl (C=O) groups is 1. The second kappa shape index (κ2) is 14.2. The van der Waals surface area contributed by atoms with E-state index in [9.17, 15) is 22.9 Å². The number of hydrogen-bond acceptors (Lipinski definition) is 6. The summed E-state index contributed by atoms with van der Waals surface area (Å²) in [5.41, 5.74) is 2.61. The van der Waals surface area contributed by atoms with Gasteiger partial charge in [0, 0.05) is 34.1 Å². The Morgan fingerprint density at radius 1 is 0.892 bits per heavy atom. The van der Waals surface area contributed by atoms with Gasteiger partial charge >= 0.3 is 0 Å². The van der Waals surface area contributed by atoms with Crippen LogP contribution in [0.15, 0.2) is 83.8 Å². The summed E-state index contributed by atoms with van der Waals surface area (Å²) in [4.78, 5) is 15.9. The normalized spacial score (nSPS) is 12.1. The number of hydrogen-bond donors (Lipinski definition) is 1. The lowest BCUT2D eigenvalue weighted by molar-refractivity contribution is 0.0643. The average molecular weight is 546 g/mol. The molecule has 0 bridgehead atoms. The van der Waals surface area contributed by atoms with Crippen LogP contribution in [0.25, 0.3) is 0 Å². The van der Waals surface area contributed by atoms with Gasteiger partial charge in [-0.3, -0.25) is 8.98 Å². The minimum atomic E-state index is -4.57. The zero-order valence-electron chi connectivity index (χ0n) is 21.8. The van der Waals surface area contributed by atoms with Crippen LogP contribution >= 0.6 is 0 Å². The lowest BCUT2D eigenvalue weighted by Gasteiger charge is -2.30. The molecule has 9 heteroatoms. The summed E-state index contributed by atoms with van der Waals surface area (Å²) in [6.45, 7) is 7.99. The molecule has 1 unspecified atom stereocenters. The zero-order chi connectivity index (χ0) is 27.6. The van der Waals surface area contributed by atoms with Crippen molar-refractivity contribution in [3.63, 3.8) is 0 Å². The quantitative estimate of drug-likeness (QED) is 0.227. The minimum Gasteiger partial charge on any atom is -0.726 e. The predicted molar refractivity (Wildman–Crippen MR) is 147 cm³/mol. The van der Waals surface area contributed by atoms with E-state index in [-0.39, 0.29) is 35.5 Å². The van der Waals surface area contributed by atoms with Crippen molar-refractivity contribution in [2.24, 2.45) is 0 Å². The van der Waals surface area contributed by atoms with Crippen molar-refractivity contribution in [3.8, 4) is 5.75 Å². The van der Waals surface area contributed by atoms with Crippen molar-refractivity contribution in [2.75, 3.05) is 6.26 Å². The van der Waals surface area contributed by atoms with Crippen molar-refractivity contribution in [2.45, 2.75) is 57.0 Å². The van der Waals surface area contributed by atoms with Crippen molar-refractivity contribution in [3.05, 3.63) is 95.6 Å². The Morgan fingerprint density at radius 2 is 1.43 bits per heavy atom. The number of rotatable bonds is 9. The summed E-state index contributed by atoms with van der Waals surface area (Å²) in [6, 6.07) is 24.3. The molecular formula is C28H35NO6S2. The lowest BCUT2D eigenvalue weighted by Crippen LogP contribution is -2.42. The largest absolute Gasteiger partial charge is 0.726 e. The van der Waals surface area contributed by atoms with E-state index in [0.29, 0.717) is 11.3 Å². The molecule has 200 valence electrons. The van der Waals surface area contributed by atoms with E-state index in [1.807, 2.05) is 56.9 Å². The molecule has 1 amide bonds. The van der Waals surface area contributed by atoms with E-state index in [1.165, 1.54) is 10.5 Å². The summed E-state index contributed by atoms with van der Waals surface area (Å²) in [7, 11) is -4.51. The molecule has 0 fully saturated rings. The number of phenolic OH excluding ortho intramolecular Hbond substituents is 1. The first kappa shape index (κ1) is 30.4. The molecule has 0 heterocycles. The lowest BCUT2D eigenvalue weighted by atomic mass is 10.1. The molecule has 37 heavy (non-hydrogen) atoms. The maximum Gasteiger partial charge on any atom is 0.254 e. The van der Waals surface area contributed by atoms with Gasteiger partial charge < -0.3 is 14.6 Å². The molecule has 3 aromatic rings. The van der Waals surface area contributed by atoms with Crippen LogP contribution in [0.3, 0.4) is 0 Å². The van der Waals surface area contributed by atoms with E-state index >= 15 is 0 Å². The van der Waals surface area contributed by atoms with Crippen molar-refractivity contribution in [1.29, 1.82) is 0 Å². The summed E-state index contributed by atoms with van der Waals surface area (Å²) in [6.07, 6.45) is 2.20. The first-order chi connectivity index (χ1) is 17.4. The van der Waals surface area contributed by atoms with Crippen molar-refractivity contribution < 1.29 is 27.1 Å². The summed E-state index contributed by atoms with van der Waals surface area (Å²) in [5.74, 6) is 1.31. The Balaban J connectivity index is 0.000000335. The maximum absolute atomic E-state index is 12.7. The van der Waals surface area contributed by atoms with E-state index in [2.05, 4.69) is 22.6 Å². The molecule has 0 radical (unpaired) electrons. The second-order valence-electron chi connectivity index (χ2n) is 9.03. The molecule has 0 spiro atoms. The van der Waals surface area contributed by atoms with Crippen molar-refractivity contribution in [1.82, 2.24) is 4.90 Å². The van der Waals surface area contributed by atoms with Gasteiger partial charge in [-0.2, -0.15) is 0 Å². The van der Waals surface area contributed by atoms with Crippen molar-refractivity contribution >= 4 is 27.2 Å². The number of phenols is 1. The number of carbonyl (C=O) groups excluding carboxylic acids is 1. The Bertz CT molecular complexity index is 1200. The minimum absolute atomic E-state index is 0.0601. The Kier molecular flexibility index (Phi) is 11.6. The molecule has 0 aliphatic heterocycles. The summed E-state index contributed by atoms with van der Waals surface area (Å²) < 4.78 is 34.1. The molecule has 0 aliphatic rings. The van der Waals surface area contributed by atoms with Gasteiger partial charge in [0.2, 0.25) is 10.4 Å². The number of amides is 1. The van der Waals surface area contributed by atoms with E-state index in [1.54, 1.807) is 42.5 Å². The Labute approximate surface area is 223 Å². The van der Waals surface area contributed by atoms with Gasteiger partial charge in [0.05, 0.1) is 6.61 Å². The van der Waals surface area contributed by atoms with Crippen LogP contribution in [0.4, 0.5) is 0 Å². The van der Waals surface area contributed by atoms with Crippen LogP contribution in [-0.4, -0.2) is 47.2 Å². The van der Waals surface area contributed by atoms with Crippen LogP contribution in [0.5, 0.6) is 5.75 Å². The monoisotopic (exact) mass is 545 g/mol. The van der Waals surface area contributed by atoms with Crippen LogP contribution in [0, 0.1) is 0 Å². The predicted octanol–water partition coefficient (Wildman–Crippen LogP) is 5.12. The third-order valence-corrected chi connectivity index (χ3v) is 7.63. The van der Waals surface area contributed by atoms with E-state index < -0.39 is 10.4 Å². The molecule has 3 rings (SSSR count). The summed E-state index contributed by atoms with van der Waals surface area (Å²) >= 11 is 0. The van der Waals surface area contributed by atoms with Gasteiger partial charge in [-0.1, -0.05) is 42.5 Å². The van der Waals surface area contributed by atoms with Gasteiger partial charge in [-0.25, -0.2) is 8.42 Å². The second-order valence-corrected chi connectivity index (χ2v) is 12.1. The first-order valence-corrected chi connectivity index (χ1v) is 15.0. The van der Waals surface area contributed by atoms with Gasteiger partial charge in [0.1, 0.15) is 17.8 Å². The van der Waals surface area contributed by atoms with Crippen LogP contribution in [-0.2, 0) is 37.8 Å². The van der Waals surface area contributed by atoms with Gasteiger partial charge in [-0.15, -0.1) is 0 Å². The van der Waals surface area contributed by atoms with Gasteiger partial charge in [-0.05, 0) is 69.7 Å². The van der Waals surface area contributed by atoms with E-state index in [4.69, 9.17) is 0 Å². The average Bonchev–Trinajstić information content (AvgIpc) is 2.84. The molecule has 0 aliphatic carbocycles. The molecule has 0 aromatic heterocycles. The fourth-order valence-electron chi connectivity index (χ4n) is 3.68. The highest BCUT2D eigenvalue weighted by atomic mass is 32.3. The fraction of sp³-hybridized carbons (Fsp3) is 0.321. The Morgan fingerprint density at radius 3 is 1.92 bits per heavy atom. The molecule has 3 aromatic carbocycles. The smallest absolute Gasteiger partial charge is 0.254 e. The molecule has 1 N–H and O–H groups in total. The third-order valence-electron chi connectivity index (χ3n) is 5.38. The number of nitrogens with zero attached hydrogens (tertiary/aromatic N) is 1. The molecule has 0 saturated heterocycles. The number of aromatic hydroxyl groups is 1. The summed E-state index contributed by atoms with van der Waals surface area (Å²) in [5, 5.41) is 9.40. The van der Waals surface area contributed by atoms with Gasteiger partial charge in [0.25, 0.3) is 5.91 Å². The molecule has 0 saturated carbocycles. The third kappa shape index (κ3) is 10.6. The van der Waals surface area contributed by atoms with Gasteiger partial charge in [0.15, 0.2) is 4.90 Å². The fourth-order valence-corrected chi connectivity index (χ4v) is 5.42. The van der Waals surface area contributed by atoms with Crippen LogP contribution < -0.4 is 0 Å². The highest BCUT2D eigenvalue weighted by molar-refractivity contribution is 7.95. The highest BCUT2D eigenvalue weighted by Crippen LogP contribution is 2.20. The zero-order valence-corrected chi connectivity index (χ0v) is 23.5. The first-order valence-electron chi connectivity index (χ1n) is 11.8. The van der Waals surface area contributed by atoms with Crippen LogP contribution in [0.2, 0.25) is 0 Å². The molecule has 7 nitrogen and oxygen atoms in total. The highest BCUT2D eigenvalue weighted by Gasteiger charge is 2.22. The van der Waals surface area contributed by atoms with E-state index in [0.717, 1.165) is 11.3 Å². The topological polar surface area (TPSA) is 107 Å². The maximum atomic E-state index is 12.7. The molecule has 1 atom stereocenters.